The number of nitrogens with zero attached hydrogens (tertiary/aromatic N) is 2. The van der Waals surface area contributed by atoms with Crippen LogP contribution in [0.3, 0.4) is 0 Å². The summed E-state index contributed by atoms with van der Waals surface area (Å²) in [4.78, 5) is 0. The van der Waals surface area contributed by atoms with Crippen molar-refractivity contribution in [3.05, 3.63) is 253 Å². The molecule has 68 heavy (non-hydrogen) atoms. The molecule has 13 rings (SSSR count). The summed E-state index contributed by atoms with van der Waals surface area (Å²) in [7, 11) is 0. The van der Waals surface area contributed by atoms with Crippen molar-refractivity contribution < 1.29 is 4.74 Å². The largest absolute Gasteiger partial charge is 0.457 e. The van der Waals surface area contributed by atoms with Gasteiger partial charge in [0.1, 0.15) is 11.5 Å². The van der Waals surface area contributed by atoms with Crippen LogP contribution in [0, 0.1) is 0 Å². The quantitative estimate of drug-likeness (QED) is 0.157. The van der Waals surface area contributed by atoms with Crippen LogP contribution in [0.1, 0.15) is 23.2 Å². The van der Waals surface area contributed by atoms with Crippen LogP contribution in [-0.2, 0) is 6.42 Å². The molecule has 0 atom stereocenters. The second-order valence-electron chi connectivity index (χ2n) is 17.7. The topological polar surface area (TPSA) is 31.1 Å². The molecule has 1 aliphatic carbocycles. The fourth-order valence-electron chi connectivity index (χ4n) is 10.4. The number of fused-ring (bicyclic) bond motifs is 7. The molecule has 1 aliphatic rings. The average molecular weight is 872 g/mol. The number of hydrogen-bond donors (Lipinski definition) is 1. The predicted octanol–water partition coefficient (Wildman–Crippen LogP) is 17.2. The molecule has 322 valence electrons. The first-order valence-electron chi connectivity index (χ1n) is 23.4. The Kier molecular flexibility index (Phi) is 9.61. The highest BCUT2D eigenvalue weighted by Crippen LogP contribution is 2.43. The number of rotatable bonds is 9. The Morgan fingerprint density at radius 3 is 1.90 bits per heavy atom. The van der Waals surface area contributed by atoms with Crippen LogP contribution >= 0.6 is 0 Å². The van der Waals surface area contributed by atoms with Crippen molar-refractivity contribution in [1.82, 2.24) is 9.13 Å². The van der Waals surface area contributed by atoms with Crippen LogP contribution in [0.25, 0.3) is 88.8 Å². The standard InChI is InChI=1S/C64H45N3O/c1-3-18-50(19-4-1)65-60-24-11-9-22-55(60)49-17-13-16-44(38-49)46-27-36-63-58(41-46)59-42-48(47-28-35-62-57(40-47)56-23-10-12-25-61(56)66(62)51-20-5-2-6-21-51)29-37-64(59)67(63)52-30-33-53(34-31-52)68-54-32-26-43-14-7-8-15-45(43)39-54/h1-28,30-36,38-42,65H,29,37H2. The molecule has 2 heterocycles. The fourth-order valence-corrected chi connectivity index (χ4v) is 10.4. The molecular weight excluding hydrogens is 827 g/mol. The maximum absolute atomic E-state index is 6.42. The van der Waals surface area contributed by atoms with E-state index >= 15 is 0 Å². The lowest BCUT2D eigenvalue weighted by Crippen LogP contribution is -2.05. The van der Waals surface area contributed by atoms with Crippen LogP contribution in [0.5, 0.6) is 11.5 Å². The number of para-hydroxylation sites is 4. The molecule has 12 aromatic rings. The number of benzene rings is 10. The zero-order valence-electron chi connectivity index (χ0n) is 37.3. The first kappa shape index (κ1) is 39.5. The van der Waals surface area contributed by atoms with Crippen LogP contribution in [0.2, 0.25) is 0 Å². The summed E-state index contributed by atoms with van der Waals surface area (Å²) in [6.45, 7) is 0. The Hall–Kier alpha value is -8.86. The molecule has 10 aromatic carbocycles. The van der Waals surface area contributed by atoms with Crippen molar-refractivity contribution in [1.29, 1.82) is 0 Å². The highest BCUT2D eigenvalue weighted by molar-refractivity contribution is 6.11. The van der Waals surface area contributed by atoms with Crippen LogP contribution in [-0.4, -0.2) is 9.13 Å². The SMILES string of the molecule is C1=C(c2ccc3c(c2)c2ccccc2n3-c2ccccc2)CCc2c1c1cc(-c3cccc(-c4ccccc4Nc4ccccc4)c3)ccc1n2-c1ccc(Oc2ccc3ccccc3c2)cc1. The van der Waals surface area contributed by atoms with Crippen LogP contribution in [0.4, 0.5) is 11.4 Å². The highest BCUT2D eigenvalue weighted by Gasteiger charge is 2.24. The Balaban J connectivity index is 0.921. The maximum Gasteiger partial charge on any atom is 0.128 e. The summed E-state index contributed by atoms with van der Waals surface area (Å²) in [5.41, 5.74) is 17.9. The first-order chi connectivity index (χ1) is 33.7. The number of hydrogen-bond acceptors (Lipinski definition) is 2. The number of aromatic nitrogens is 2. The summed E-state index contributed by atoms with van der Waals surface area (Å²) in [5, 5.41) is 9.79. The van der Waals surface area contributed by atoms with Gasteiger partial charge in [0.15, 0.2) is 0 Å². The van der Waals surface area contributed by atoms with E-state index in [0.717, 1.165) is 52.4 Å². The van der Waals surface area contributed by atoms with Crippen molar-refractivity contribution >= 4 is 66.5 Å². The van der Waals surface area contributed by atoms with Gasteiger partial charge in [-0.25, -0.2) is 0 Å². The van der Waals surface area contributed by atoms with Crippen molar-refractivity contribution in [3.8, 4) is 45.1 Å². The summed E-state index contributed by atoms with van der Waals surface area (Å²) in [6.07, 6.45) is 4.31. The first-order valence-corrected chi connectivity index (χ1v) is 23.4. The van der Waals surface area contributed by atoms with Crippen molar-refractivity contribution in [2.45, 2.75) is 12.8 Å². The van der Waals surface area contributed by atoms with E-state index in [1.165, 1.54) is 82.9 Å². The second kappa shape index (κ2) is 16.5. The Bertz CT molecular complexity index is 3900. The number of nitrogens with one attached hydrogen (secondary N) is 1. The van der Waals surface area contributed by atoms with Gasteiger partial charge >= 0.3 is 0 Å². The summed E-state index contributed by atoms with van der Waals surface area (Å²) < 4.78 is 11.3. The van der Waals surface area contributed by atoms with Gasteiger partial charge in [0.05, 0.1) is 16.6 Å². The molecule has 4 nitrogen and oxygen atoms in total. The van der Waals surface area contributed by atoms with Crippen LogP contribution in [0.15, 0.2) is 237 Å². The summed E-state index contributed by atoms with van der Waals surface area (Å²) in [5.74, 6) is 1.64. The van der Waals surface area contributed by atoms with Gasteiger partial charge in [0.2, 0.25) is 0 Å². The number of anilines is 2. The number of allylic oxidation sites excluding steroid dienone is 1. The van der Waals surface area contributed by atoms with E-state index in [0.29, 0.717) is 0 Å². The molecular formula is C64H45N3O. The molecule has 0 aliphatic heterocycles. The van der Waals surface area contributed by atoms with E-state index in [1.807, 2.05) is 12.1 Å². The van der Waals surface area contributed by atoms with Gasteiger partial charge in [-0.2, -0.15) is 0 Å². The second-order valence-corrected chi connectivity index (χ2v) is 17.7. The molecule has 0 radical (unpaired) electrons. The minimum Gasteiger partial charge on any atom is -0.457 e. The van der Waals surface area contributed by atoms with Gasteiger partial charge < -0.3 is 19.2 Å². The van der Waals surface area contributed by atoms with Crippen molar-refractivity contribution in [2.75, 3.05) is 5.32 Å². The Morgan fingerprint density at radius 1 is 0.382 bits per heavy atom. The van der Waals surface area contributed by atoms with Crippen molar-refractivity contribution in [2.24, 2.45) is 0 Å². The van der Waals surface area contributed by atoms with Gasteiger partial charge in [0.25, 0.3) is 0 Å². The van der Waals surface area contributed by atoms with Gasteiger partial charge in [-0.3, -0.25) is 0 Å². The van der Waals surface area contributed by atoms with Gasteiger partial charge in [-0.15, -0.1) is 0 Å². The van der Waals surface area contributed by atoms with Gasteiger partial charge in [-0.05, 0) is 161 Å². The van der Waals surface area contributed by atoms with Crippen LogP contribution < -0.4 is 10.1 Å². The third-order valence-corrected chi connectivity index (χ3v) is 13.7. The lowest BCUT2D eigenvalue weighted by molar-refractivity contribution is 0.483. The van der Waals surface area contributed by atoms with Crippen molar-refractivity contribution in [3.63, 3.8) is 0 Å². The summed E-state index contributed by atoms with van der Waals surface area (Å²) >= 11 is 0. The molecule has 0 saturated heterocycles. The molecule has 4 heteroatoms. The predicted molar refractivity (Wildman–Crippen MR) is 285 cm³/mol. The Labute approximate surface area is 395 Å². The van der Waals surface area contributed by atoms with Gasteiger partial charge in [-0.1, -0.05) is 133 Å². The van der Waals surface area contributed by atoms with E-state index in [1.54, 1.807) is 0 Å². The number of ether oxygens (including phenoxy) is 1. The molecule has 0 bridgehead atoms. The van der Waals surface area contributed by atoms with Gasteiger partial charge in [0, 0.05) is 55.7 Å². The maximum atomic E-state index is 6.42. The molecule has 2 aromatic heterocycles. The molecule has 0 unspecified atom stereocenters. The fraction of sp³-hybridized carbons (Fsp3) is 0.0312. The average Bonchev–Trinajstić information content (AvgIpc) is 3.91. The van der Waals surface area contributed by atoms with E-state index in [9.17, 15) is 0 Å². The third kappa shape index (κ3) is 7.02. The zero-order valence-corrected chi connectivity index (χ0v) is 37.3. The zero-order chi connectivity index (χ0) is 45.0. The van der Waals surface area contributed by atoms with E-state index < -0.39 is 0 Å². The lowest BCUT2D eigenvalue weighted by atomic mass is 9.90. The third-order valence-electron chi connectivity index (χ3n) is 13.7. The molecule has 0 saturated carbocycles. The summed E-state index contributed by atoms with van der Waals surface area (Å²) in [6, 6.07) is 84.7. The van der Waals surface area contributed by atoms with E-state index in [4.69, 9.17) is 4.74 Å². The monoisotopic (exact) mass is 871 g/mol. The molecule has 0 spiro atoms. The lowest BCUT2D eigenvalue weighted by Gasteiger charge is -2.18. The van der Waals surface area contributed by atoms with E-state index in [2.05, 4.69) is 245 Å². The smallest absolute Gasteiger partial charge is 0.128 e. The Morgan fingerprint density at radius 2 is 1.03 bits per heavy atom. The molecule has 0 amide bonds. The molecule has 0 fully saturated rings. The normalized spacial score (nSPS) is 12.4. The minimum absolute atomic E-state index is 0.809. The van der Waals surface area contributed by atoms with E-state index in [-0.39, 0.29) is 0 Å². The molecule has 1 N–H and O–H groups in total. The minimum atomic E-state index is 0.809. The highest BCUT2D eigenvalue weighted by atomic mass is 16.5.